The van der Waals surface area contributed by atoms with Crippen LogP contribution in [-0.2, 0) is 10.1 Å². The second kappa shape index (κ2) is 4.99. The quantitative estimate of drug-likeness (QED) is 0.333. The summed E-state index contributed by atoms with van der Waals surface area (Å²) in [4.78, 5) is -0.452. The summed E-state index contributed by atoms with van der Waals surface area (Å²) >= 11 is 0. The number of hydrogen-bond acceptors (Lipinski definition) is 5. The van der Waals surface area contributed by atoms with Crippen LogP contribution < -0.4 is 40.0 Å². The minimum atomic E-state index is -4.52. The zero-order chi connectivity index (χ0) is 10.1. The Morgan fingerprint density at radius 2 is 2.00 bits per heavy atom. The Labute approximate surface area is 104 Å². The van der Waals surface area contributed by atoms with Crippen molar-refractivity contribution in [3.63, 3.8) is 0 Å². The number of rotatable bonds is 2. The largest absolute Gasteiger partial charge is 1.00 e. The fourth-order valence-corrected chi connectivity index (χ4v) is 1.48. The first-order valence-electron chi connectivity index (χ1n) is 3.34. The van der Waals surface area contributed by atoms with Crippen molar-refractivity contribution >= 4 is 15.8 Å². The summed E-state index contributed by atoms with van der Waals surface area (Å²) in [5.41, 5.74) is 5.22. The van der Waals surface area contributed by atoms with Crippen LogP contribution in [0.2, 0.25) is 0 Å². The Morgan fingerprint density at radius 1 is 1.43 bits per heavy atom. The van der Waals surface area contributed by atoms with Gasteiger partial charge in [0.2, 0.25) is 0 Å². The van der Waals surface area contributed by atoms with Gasteiger partial charge in [0.1, 0.15) is 15.9 Å². The topological polar surface area (TPSA) is 92.5 Å². The maximum atomic E-state index is 10.6. The van der Waals surface area contributed by atoms with Crippen molar-refractivity contribution in [1.82, 2.24) is 0 Å². The van der Waals surface area contributed by atoms with Gasteiger partial charge in [-0.25, -0.2) is 8.42 Å². The van der Waals surface area contributed by atoms with Crippen LogP contribution >= 0.6 is 0 Å². The summed E-state index contributed by atoms with van der Waals surface area (Å²) in [7, 11) is -3.15. The maximum Gasteiger partial charge on any atom is 1.00 e. The van der Waals surface area contributed by atoms with E-state index in [9.17, 15) is 13.0 Å². The molecule has 7 heteroatoms. The van der Waals surface area contributed by atoms with E-state index in [-0.39, 0.29) is 41.0 Å². The van der Waals surface area contributed by atoms with Gasteiger partial charge in [-0.15, -0.1) is 0 Å². The third-order valence-corrected chi connectivity index (χ3v) is 2.38. The summed E-state index contributed by atoms with van der Waals surface area (Å²) < 4.78 is 36.6. The van der Waals surface area contributed by atoms with Gasteiger partial charge in [-0.1, -0.05) is 0 Å². The van der Waals surface area contributed by atoms with Crippen LogP contribution in [0.25, 0.3) is 0 Å². The smallest absolute Gasteiger partial charge is 0.744 e. The monoisotopic (exact) mass is 225 g/mol. The van der Waals surface area contributed by atoms with E-state index in [1.807, 2.05) is 0 Å². The van der Waals surface area contributed by atoms with Crippen molar-refractivity contribution in [1.29, 1.82) is 0 Å². The van der Waals surface area contributed by atoms with Crippen LogP contribution in [0.1, 0.15) is 0 Å². The summed E-state index contributed by atoms with van der Waals surface area (Å²) in [5.74, 6) is 0.281. The molecule has 0 aliphatic carbocycles. The number of anilines is 1. The molecule has 1 aromatic rings. The van der Waals surface area contributed by atoms with Gasteiger partial charge in [0.05, 0.1) is 12.0 Å². The molecule has 0 radical (unpaired) electrons. The molecule has 0 bridgehead atoms. The molecule has 5 nitrogen and oxygen atoms in total. The number of benzene rings is 1. The van der Waals surface area contributed by atoms with E-state index >= 15 is 0 Å². The first-order valence-corrected chi connectivity index (χ1v) is 4.75. The number of nitrogens with two attached hydrogens (primary N) is 1. The molecule has 0 atom stereocenters. The zero-order valence-corrected chi connectivity index (χ0v) is 10.7. The summed E-state index contributed by atoms with van der Waals surface area (Å²) in [6.07, 6.45) is 0. The van der Waals surface area contributed by atoms with Gasteiger partial charge in [0.25, 0.3) is 0 Å². The number of nitrogen functional groups attached to an aromatic ring is 1. The predicted octanol–water partition coefficient (Wildman–Crippen LogP) is -2.81. The fourth-order valence-electron chi connectivity index (χ4n) is 0.858. The van der Waals surface area contributed by atoms with Crippen LogP contribution in [-0.4, -0.2) is 20.1 Å². The Morgan fingerprint density at radius 3 is 2.43 bits per heavy atom. The Kier molecular flexibility index (Phi) is 4.90. The number of hydrogen-bond donors (Lipinski definition) is 1. The van der Waals surface area contributed by atoms with Crippen molar-refractivity contribution in [2.45, 2.75) is 4.90 Å². The average molecular weight is 225 g/mol. The molecular formula is C7H8NNaO4S. The molecule has 0 saturated carbocycles. The maximum absolute atomic E-state index is 10.6. The van der Waals surface area contributed by atoms with Crippen molar-refractivity contribution in [3.8, 4) is 5.75 Å². The third-order valence-electron chi connectivity index (χ3n) is 1.49. The molecule has 0 heterocycles. The summed E-state index contributed by atoms with van der Waals surface area (Å²) in [6, 6.07) is 3.88. The first-order chi connectivity index (χ1) is 5.95. The molecule has 1 aromatic carbocycles. The third kappa shape index (κ3) is 3.14. The standard InChI is InChI=1S/C7H9NO4S.Na/c1-12-5-2-3-6(8)7(4-5)13(9,10)11;/h2-4H,8H2,1H3,(H,9,10,11);/q;+1/p-1. The van der Waals surface area contributed by atoms with E-state index in [0.29, 0.717) is 0 Å². The van der Waals surface area contributed by atoms with Gasteiger partial charge < -0.3 is 15.0 Å². The van der Waals surface area contributed by atoms with Crippen LogP contribution in [0.4, 0.5) is 5.69 Å². The molecule has 0 spiro atoms. The van der Waals surface area contributed by atoms with Crippen molar-refractivity contribution in [3.05, 3.63) is 18.2 Å². The molecule has 0 saturated heterocycles. The van der Waals surface area contributed by atoms with Crippen molar-refractivity contribution in [2.24, 2.45) is 0 Å². The molecule has 0 aliphatic rings. The Hall–Kier alpha value is -0.270. The van der Waals surface area contributed by atoms with E-state index in [1.165, 1.54) is 19.2 Å². The Balaban J connectivity index is 0.00000169. The minimum absolute atomic E-state index is 0. The Bertz CT molecular complexity index is 418. The molecule has 0 fully saturated rings. The molecule has 72 valence electrons. The van der Waals surface area contributed by atoms with Gasteiger partial charge in [-0.05, 0) is 18.2 Å². The normalized spacial score (nSPS) is 10.4. The minimum Gasteiger partial charge on any atom is -0.744 e. The molecular weight excluding hydrogens is 217 g/mol. The first kappa shape index (κ1) is 13.7. The van der Waals surface area contributed by atoms with Crippen LogP contribution in [0.5, 0.6) is 5.75 Å². The fraction of sp³-hybridized carbons (Fsp3) is 0.143. The van der Waals surface area contributed by atoms with E-state index in [2.05, 4.69) is 0 Å². The van der Waals surface area contributed by atoms with E-state index in [1.54, 1.807) is 0 Å². The second-order valence-electron chi connectivity index (χ2n) is 2.36. The molecule has 0 amide bonds. The zero-order valence-electron chi connectivity index (χ0n) is 7.85. The van der Waals surface area contributed by atoms with Gasteiger partial charge in [-0.2, -0.15) is 0 Å². The molecule has 0 unspecified atom stereocenters. The second-order valence-corrected chi connectivity index (χ2v) is 3.71. The van der Waals surface area contributed by atoms with Crippen LogP contribution in [0.3, 0.4) is 0 Å². The van der Waals surface area contributed by atoms with E-state index in [0.717, 1.165) is 6.07 Å². The molecule has 1 rings (SSSR count). The predicted molar refractivity (Wildman–Crippen MR) is 45.4 cm³/mol. The van der Waals surface area contributed by atoms with Gasteiger partial charge in [0, 0.05) is 5.69 Å². The molecule has 14 heavy (non-hydrogen) atoms. The van der Waals surface area contributed by atoms with Gasteiger partial charge in [-0.3, -0.25) is 0 Å². The average Bonchev–Trinajstić information content (AvgIpc) is 2.03. The molecule has 2 N–H and O–H groups in total. The number of methoxy groups -OCH3 is 1. The molecule has 0 aliphatic heterocycles. The van der Waals surface area contributed by atoms with Gasteiger partial charge >= 0.3 is 29.6 Å². The van der Waals surface area contributed by atoms with Crippen LogP contribution in [0.15, 0.2) is 23.1 Å². The molecule has 0 aromatic heterocycles. The SMILES string of the molecule is COc1ccc(N)c(S(=O)(=O)[O-])c1.[Na+]. The summed E-state index contributed by atoms with van der Waals surface area (Å²) in [5, 5.41) is 0. The van der Waals surface area contributed by atoms with Crippen LogP contribution in [0, 0.1) is 0 Å². The van der Waals surface area contributed by atoms with E-state index in [4.69, 9.17) is 10.5 Å². The van der Waals surface area contributed by atoms with Gasteiger partial charge in [0.15, 0.2) is 0 Å². The van der Waals surface area contributed by atoms with Crippen molar-refractivity contribution < 1.29 is 47.3 Å². The number of ether oxygens (including phenoxy) is 1. The summed E-state index contributed by atoms with van der Waals surface area (Å²) in [6.45, 7) is 0. The van der Waals surface area contributed by atoms with E-state index < -0.39 is 15.0 Å². The van der Waals surface area contributed by atoms with Crippen molar-refractivity contribution in [2.75, 3.05) is 12.8 Å².